The minimum atomic E-state index is -0.583. The van der Waals surface area contributed by atoms with Crippen LogP contribution in [0.4, 0.5) is 0 Å². The summed E-state index contributed by atoms with van der Waals surface area (Å²) in [5.41, 5.74) is 1.67. The number of piperazine rings is 1. The molecule has 0 aliphatic carbocycles. The first-order valence-electron chi connectivity index (χ1n) is 9.23. The third kappa shape index (κ3) is 3.82. The fraction of sp³-hybridized carbons (Fsp3) is 0.238. The maximum absolute atomic E-state index is 12.6. The third-order valence-electron chi connectivity index (χ3n) is 4.91. The van der Waals surface area contributed by atoms with Gasteiger partial charge in [0.15, 0.2) is 0 Å². The molecule has 0 N–H and O–H groups in total. The van der Waals surface area contributed by atoms with Gasteiger partial charge in [0.1, 0.15) is 11.4 Å². The summed E-state index contributed by atoms with van der Waals surface area (Å²) in [7, 11) is 1.59. The summed E-state index contributed by atoms with van der Waals surface area (Å²) in [5.74, 6) is -0.399. The van der Waals surface area contributed by atoms with Gasteiger partial charge < -0.3 is 14.5 Å². The fourth-order valence-electron chi connectivity index (χ4n) is 3.35. The molecular weight excluding hydrogens is 372 g/mol. The van der Waals surface area contributed by atoms with E-state index in [0.717, 1.165) is 11.3 Å². The van der Waals surface area contributed by atoms with Gasteiger partial charge in [0.25, 0.3) is 5.56 Å². The normalized spacial score (nSPS) is 14.5. The number of rotatable bonds is 5. The van der Waals surface area contributed by atoms with E-state index >= 15 is 0 Å². The number of nitrogens with zero attached hydrogens (tertiary/aromatic N) is 4. The standard InChI is InChI=1S/C21H20N4O4/c1-29-17-7-5-15(6-8-17)13-23-10-11-24(21(28)20(23)27)14-16-12-19(26)25-9-3-2-4-18(25)22-16/h2-9,12H,10-11,13-14H2,1H3. The summed E-state index contributed by atoms with van der Waals surface area (Å²) < 4.78 is 6.57. The van der Waals surface area contributed by atoms with Crippen molar-refractivity contribution < 1.29 is 14.3 Å². The summed E-state index contributed by atoms with van der Waals surface area (Å²) in [6.07, 6.45) is 1.64. The Labute approximate surface area is 167 Å². The molecule has 3 aromatic rings. The van der Waals surface area contributed by atoms with Crippen molar-refractivity contribution >= 4 is 17.5 Å². The lowest BCUT2D eigenvalue weighted by molar-refractivity contribution is -0.156. The lowest BCUT2D eigenvalue weighted by Gasteiger charge is -2.33. The van der Waals surface area contributed by atoms with Crippen molar-refractivity contribution in [1.29, 1.82) is 0 Å². The number of benzene rings is 1. The smallest absolute Gasteiger partial charge is 0.312 e. The predicted octanol–water partition coefficient (Wildman–Crippen LogP) is 1.07. The molecule has 29 heavy (non-hydrogen) atoms. The van der Waals surface area contributed by atoms with E-state index in [9.17, 15) is 14.4 Å². The van der Waals surface area contributed by atoms with Crippen molar-refractivity contribution in [3.63, 3.8) is 0 Å². The summed E-state index contributed by atoms with van der Waals surface area (Å²) in [6, 6.07) is 14.0. The number of pyridine rings is 1. The molecule has 8 nitrogen and oxygen atoms in total. The summed E-state index contributed by atoms with van der Waals surface area (Å²) in [4.78, 5) is 44.8. The van der Waals surface area contributed by atoms with Crippen LogP contribution < -0.4 is 10.3 Å². The fourth-order valence-corrected chi connectivity index (χ4v) is 3.35. The van der Waals surface area contributed by atoms with Crippen LogP contribution in [0.25, 0.3) is 5.65 Å². The van der Waals surface area contributed by atoms with Gasteiger partial charge in [-0.05, 0) is 29.8 Å². The number of methoxy groups -OCH3 is 1. The second kappa shape index (κ2) is 7.75. The Morgan fingerprint density at radius 2 is 1.62 bits per heavy atom. The monoisotopic (exact) mass is 392 g/mol. The van der Waals surface area contributed by atoms with E-state index in [1.54, 1.807) is 31.5 Å². The summed E-state index contributed by atoms with van der Waals surface area (Å²) in [5, 5.41) is 0. The van der Waals surface area contributed by atoms with Crippen LogP contribution in [0.2, 0.25) is 0 Å². The molecule has 2 amide bonds. The van der Waals surface area contributed by atoms with Gasteiger partial charge in [-0.15, -0.1) is 0 Å². The number of hydrogen-bond donors (Lipinski definition) is 0. The first kappa shape index (κ1) is 18.7. The Kier molecular flexibility index (Phi) is 4.99. The lowest BCUT2D eigenvalue weighted by atomic mass is 10.1. The van der Waals surface area contributed by atoms with E-state index in [-0.39, 0.29) is 12.1 Å². The molecule has 0 bridgehead atoms. The topological polar surface area (TPSA) is 84.2 Å². The highest BCUT2D eigenvalue weighted by atomic mass is 16.5. The van der Waals surface area contributed by atoms with Gasteiger partial charge in [-0.1, -0.05) is 18.2 Å². The van der Waals surface area contributed by atoms with Gasteiger partial charge in [0.2, 0.25) is 0 Å². The highest BCUT2D eigenvalue weighted by molar-refractivity contribution is 6.35. The molecule has 1 aliphatic heterocycles. The van der Waals surface area contributed by atoms with Gasteiger partial charge >= 0.3 is 11.8 Å². The second-order valence-electron chi connectivity index (χ2n) is 6.82. The molecule has 1 fully saturated rings. The van der Waals surface area contributed by atoms with E-state index in [1.165, 1.54) is 20.3 Å². The molecule has 1 aromatic carbocycles. The van der Waals surface area contributed by atoms with E-state index in [2.05, 4.69) is 4.98 Å². The number of hydrogen-bond acceptors (Lipinski definition) is 5. The summed E-state index contributed by atoms with van der Waals surface area (Å²) >= 11 is 0. The molecule has 0 atom stereocenters. The van der Waals surface area contributed by atoms with Crippen LogP contribution in [0.3, 0.4) is 0 Å². The first-order chi connectivity index (χ1) is 14.0. The van der Waals surface area contributed by atoms with Crippen molar-refractivity contribution in [2.75, 3.05) is 20.2 Å². The number of fused-ring (bicyclic) bond motifs is 1. The molecule has 2 aromatic heterocycles. The third-order valence-corrected chi connectivity index (χ3v) is 4.91. The Bertz CT molecular complexity index is 1120. The number of carbonyl (C=O) groups is 2. The van der Waals surface area contributed by atoms with Gasteiger partial charge in [-0.2, -0.15) is 0 Å². The lowest BCUT2D eigenvalue weighted by Crippen LogP contribution is -2.53. The molecule has 148 valence electrons. The molecule has 0 radical (unpaired) electrons. The highest BCUT2D eigenvalue weighted by Crippen LogP contribution is 2.16. The van der Waals surface area contributed by atoms with E-state index in [4.69, 9.17) is 4.74 Å². The van der Waals surface area contributed by atoms with Gasteiger partial charge in [0.05, 0.1) is 19.3 Å². The minimum absolute atomic E-state index is 0.127. The zero-order chi connectivity index (χ0) is 20.4. The van der Waals surface area contributed by atoms with Crippen LogP contribution in [0.5, 0.6) is 5.75 Å². The molecular formula is C21H20N4O4. The summed E-state index contributed by atoms with van der Waals surface area (Å²) in [6.45, 7) is 1.29. The molecule has 0 unspecified atom stereocenters. The van der Waals surface area contributed by atoms with Crippen LogP contribution in [-0.2, 0) is 22.7 Å². The zero-order valence-corrected chi connectivity index (χ0v) is 15.9. The number of carbonyl (C=O) groups excluding carboxylic acids is 2. The highest BCUT2D eigenvalue weighted by Gasteiger charge is 2.32. The van der Waals surface area contributed by atoms with Crippen molar-refractivity contribution in [2.45, 2.75) is 13.1 Å². The predicted molar refractivity (Wildman–Crippen MR) is 105 cm³/mol. The minimum Gasteiger partial charge on any atom is -0.497 e. The van der Waals surface area contributed by atoms with Crippen molar-refractivity contribution in [2.24, 2.45) is 0 Å². The van der Waals surface area contributed by atoms with Crippen LogP contribution in [-0.4, -0.2) is 51.2 Å². The Hall–Kier alpha value is -3.68. The van der Waals surface area contributed by atoms with Crippen LogP contribution in [0.1, 0.15) is 11.3 Å². The molecule has 8 heteroatoms. The molecule has 3 heterocycles. The Balaban J connectivity index is 1.46. The molecule has 1 saturated heterocycles. The van der Waals surface area contributed by atoms with Crippen LogP contribution in [0.15, 0.2) is 59.5 Å². The maximum atomic E-state index is 12.6. The number of aromatic nitrogens is 2. The van der Waals surface area contributed by atoms with E-state index in [1.807, 2.05) is 24.3 Å². The number of amides is 2. The quantitative estimate of drug-likeness (QED) is 0.607. The molecule has 0 spiro atoms. The second-order valence-corrected chi connectivity index (χ2v) is 6.82. The van der Waals surface area contributed by atoms with E-state index < -0.39 is 11.8 Å². The Morgan fingerprint density at radius 1 is 0.931 bits per heavy atom. The average Bonchev–Trinajstić information content (AvgIpc) is 2.74. The molecule has 4 rings (SSSR count). The molecule has 1 aliphatic rings. The maximum Gasteiger partial charge on any atom is 0.312 e. The molecule has 0 saturated carbocycles. The average molecular weight is 392 g/mol. The van der Waals surface area contributed by atoms with E-state index in [0.29, 0.717) is 31.0 Å². The Morgan fingerprint density at radius 3 is 2.31 bits per heavy atom. The largest absolute Gasteiger partial charge is 0.497 e. The van der Waals surface area contributed by atoms with Gasteiger partial charge in [0, 0.05) is 31.9 Å². The van der Waals surface area contributed by atoms with Gasteiger partial charge in [-0.3, -0.25) is 18.8 Å². The SMILES string of the molecule is COc1ccc(CN2CCN(Cc3cc(=O)n4ccccc4n3)C(=O)C2=O)cc1. The van der Waals surface area contributed by atoms with Crippen molar-refractivity contribution in [1.82, 2.24) is 19.2 Å². The van der Waals surface area contributed by atoms with Crippen LogP contribution in [0, 0.1) is 0 Å². The number of ether oxygens (including phenoxy) is 1. The zero-order valence-electron chi connectivity index (χ0n) is 15.9. The van der Waals surface area contributed by atoms with Crippen molar-refractivity contribution in [3.05, 3.63) is 76.3 Å². The van der Waals surface area contributed by atoms with Crippen LogP contribution >= 0.6 is 0 Å². The first-order valence-corrected chi connectivity index (χ1v) is 9.23. The van der Waals surface area contributed by atoms with Crippen molar-refractivity contribution in [3.8, 4) is 5.75 Å². The van der Waals surface area contributed by atoms with Gasteiger partial charge in [-0.25, -0.2) is 4.98 Å².